The number of aromatic amines is 1. The maximum atomic E-state index is 6.34. The van der Waals surface area contributed by atoms with E-state index in [2.05, 4.69) is 20.5 Å². The van der Waals surface area contributed by atoms with Crippen LogP contribution in [-0.2, 0) is 6.54 Å². The van der Waals surface area contributed by atoms with Gasteiger partial charge in [0.05, 0.1) is 33.4 Å². The van der Waals surface area contributed by atoms with Gasteiger partial charge in [0.1, 0.15) is 11.6 Å². The summed E-state index contributed by atoms with van der Waals surface area (Å²) in [4.78, 5) is 4.50. The first kappa shape index (κ1) is 19.5. The Morgan fingerprint density at radius 2 is 1.86 bits per heavy atom. The zero-order chi connectivity index (χ0) is 19.9. The largest absolute Gasteiger partial charge is 0.497 e. The highest BCUT2D eigenvalue weighted by Gasteiger charge is 2.17. The number of hydrogen-bond acceptors (Lipinski definition) is 7. The molecule has 3 aromatic rings. The van der Waals surface area contributed by atoms with Crippen LogP contribution in [0, 0.1) is 0 Å². The van der Waals surface area contributed by atoms with Crippen LogP contribution in [0.3, 0.4) is 0 Å². The second kappa shape index (κ2) is 9.09. The molecule has 0 aliphatic rings. The van der Waals surface area contributed by atoms with E-state index in [0.717, 1.165) is 17.0 Å². The first-order chi connectivity index (χ1) is 13.6. The van der Waals surface area contributed by atoms with Crippen molar-refractivity contribution in [3.8, 4) is 17.2 Å². The highest BCUT2D eigenvalue weighted by Crippen LogP contribution is 2.31. The van der Waals surface area contributed by atoms with E-state index in [9.17, 15) is 0 Å². The molecule has 3 rings (SSSR count). The van der Waals surface area contributed by atoms with Crippen molar-refractivity contribution in [3.63, 3.8) is 0 Å². The number of nitrogens with one attached hydrogen (secondary N) is 2. The lowest BCUT2D eigenvalue weighted by Crippen LogP contribution is -2.14. The molecule has 0 unspecified atom stereocenters. The minimum Gasteiger partial charge on any atom is -0.497 e. The fraction of sp³-hybridized carbons (Fsp3) is 0.300. The topological polar surface area (TPSA) is 107 Å². The summed E-state index contributed by atoms with van der Waals surface area (Å²) >= 11 is 0. The van der Waals surface area contributed by atoms with Crippen LogP contribution in [0.1, 0.15) is 30.2 Å². The maximum absolute atomic E-state index is 6.34. The van der Waals surface area contributed by atoms with Gasteiger partial charge >= 0.3 is 0 Å². The second-order valence-corrected chi connectivity index (χ2v) is 6.04. The van der Waals surface area contributed by atoms with E-state index in [4.69, 9.17) is 19.9 Å². The Hall–Kier alpha value is -3.26. The third kappa shape index (κ3) is 4.52. The third-order valence-corrected chi connectivity index (χ3v) is 4.22. The molecule has 0 amide bonds. The molecule has 4 N–H and O–H groups in total. The number of anilines is 1. The van der Waals surface area contributed by atoms with Crippen LogP contribution in [-0.4, -0.2) is 36.0 Å². The molecule has 1 aromatic heterocycles. The number of nitrogens with zero attached hydrogens (tertiary/aromatic N) is 2. The molecule has 148 valence electrons. The van der Waals surface area contributed by atoms with Gasteiger partial charge in [-0.15, -0.1) is 0 Å². The normalized spacial score (nSPS) is 11.7. The quantitative estimate of drug-likeness (QED) is 0.521. The molecule has 1 atom stereocenters. The molecule has 0 radical (unpaired) electrons. The average molecular weight is 383 g/mol. The van der Waals surface area contributed by atoms with Crippen LogP contribution in [0.25, 0.3) is 0 Å². The fourth-order valence-corrected chi connectivity index (χ4v) is 2.72. The lowest BCUT2D eigenvalue weighted by molar-refractivity contribution is 0.310. The number of benzene rings is 2. The van der Waals surface area contributed by atoms with E-state index in [1.54, 1.807) is 14.2 Å². The Bertz CT molecular complexity index is 895. The van der Waals surface area contributed by atoms with Gasteiger partial charge in [0.2, 0.25) is 0 Å². The van der Waals surface area contributed by atoms with Gasteiger partial charge in [0, 0.05) is 5.69 Å². The van der Waals surface area contributed by atoms with E-state index < -0.39 is 6.04 Å². The molecule has 28 heavy (non-hydrogen) atoms. The molecule has 8 nitrogen and oxygen atoms in total. The zero-order valence-electron chi connectivity index (χ0n) is 16.2. The number of H-pyrrole nitrogens is 1. The van der Waals surface area contributed by atoms with Gasteiger partial charge in [-0.3, -0.25) is 5.10 Å². The first-order valence-corrected chi connectivity index (χ1v) is 9.00. The van der Waals surface area contributed by atoms with Crippen LogP contribution in [0.4, 0.5) is 5.69 Å². The van der Waals surface area contributed by atoms with Crippen molar-refractivity contribution in [1.82, 2.24) is 15.2 Å². The Balaban J connectivity index is 1.67. The minimum atomic E-state index is -0.476. The summed E-state index contributed by atoms with van der Waals surface area (Å²) in [6.07, 6.45) is 0. The van der Waals surface area contributed by atoms with Crippen LogP contribution < -0.4 is 25.3 Å². The monoisotopic (exact) mass is 383 g/mol. The Morgan fingerprint density at radius 1 is 1.07 bits per heavy atom. The van der Waals surface area contributed by atoms with E-state index in [1.165, 1.54) is 0 Å². The van der Waals surface area contributed by atoms with Crippen molar-refractivity contribution in [1.29, 1.82) is 0 Å². The predicted octanol–water partition coefficient (Wildman–Crippen LogP) is 2.88. The van der Waals surface area contributed by atoms with E-state index in [1.807, 2.05) is 49.4 Å². The van der Waals surface area contributed by atoms with Gasteiger partial charge in [0.25, 0.3) is 0 Å². The number of hydrogen-bond donors (Lipinski definition) is 3. The van der Waals surface area contributed by atoms with Crippen molar-refractivity contribution in [3.05, 3.63) is 59.7 Å². The van der Waals surface area contributed by atoms with Crippen molar-refractivity contribution < 1.29 is 14.2 Å². The second-order valence-electron chi connectivity index (χ2n) is 6.04. The van der Waals surface area contributed by atoms with E-state index >= 15 is 0 Å². The molecule has 0 aliphatic carbocycles. The summed E-state index contributed by atoms with van der Waals surface area (Å²) in [5, 5.41) is 10.5. The first-order valence-electron chi connectivity index (χ1n) is 9.00. The molecule has 1 heterocycles. The molecule has 0 fully saturated rings. The molecule has 0 saturated heterocycles. The van der Waals surface area contributed by atoms with Crippen LogP contribution in [0.15, 0.2) is 42.5 Å². The summed E-state index contributed by atoms with van der Waals surface area (Å²) in [5.74, 6) is 3.33. The Kier molecular flexibility index (Phi) is 6.33. The maximum Gasteiger partial charge on any atom is 0.171 e. The van der Waals surface area contributed by atoms with Gasteiger partial charge < -0.3 is 25.3 Å². The summed E-state index contributed by atoms with van der Waals surface area (Å²) in [6.45, 7) is 2.99. The van der Waals surface area contributed by atoms with Crippen molar-refractivity contribution in [2.24, 2.45) is 5.73 Å². The van der Waals surface area contributed by atoms with Gasteiger partial charge in [-0.1, -0.05) is 6.07 Å². The predicted molar refractivity (Wildman–Crippen MR) is 107 cm³/mol. The number of nitrogens with two attached hydrogens (primary N) is 1. The Morgan fingerprint density at radius 3 is 2.54 bits per heavy atom. The molecular formula is C20H25N5O3. The van der Waals surface area contributed by atoms with Crippen LogP contribution in [0.2, 0.25) is 0 Å². The summed E-state index contributed by atoms with van der Waals surface area (Å²) < 4.78 is 16.1. The number of methoxy groups -OCH3 is 2. The molecule has 0 aliphatic heterocycles. The molecule has 0 bridgehead atoms. The van der Waals surface area contributed by atoms with Gasteiger partial charge in [-0.05, 0) is 48.9 Å². The van der Waals surface area contributed by atoms with Gasteiger partial charge in [-0.2, -0.15) is 5.10 Å². The summed E-state index contributed by atoms with van der Waals surface area (Å²) in [7, 11) is 3.24. The van der Waals surface area contributed by atoms with Crippen molar-refractivity contribution in [2.75, 3.05) is 26.1 Å². The van der Waals surface area contributed by atoms with Gasteiger partial charge in [0.15, 0.2) is 17.3 Å². The molecule has 2 aromatic carbocycles. The summed E-state index contributed by atoms with van der Waals surface area (Å²) in [5.41, 5.74) is 8.14. The molecule has 0 saturated carbocycles. The smallest absolute Gasteiger partial charge is 0.171 e. The molecule has 0 spiro atoms. The molecular weight excluding hydrogens is 358 g/mol. The lowest BCUT2D eigenvalue weighted by atomic mass is 10.1. The lowest BCUT2D eigenvalue weighted by Gasteiger charge is -2.13. The van der Waals surface area contributed by atoms with E-state index in [0.29, 0.717) is 36.3 Å². The van der Waals surface area contributed by atoms with Gasteiger partial charge in [-0.25, -0.2) is 4.98 Å². The zero-order valence-corrected chi connectivity index (χ0v) is 16.2. The minimum absolute atomic E-state index is 0.476. The third-order valence-electron chi connectivity index (χ3n) is 4.22. The number of rotatable bonds is 9. The summed E-state index contributed by atoms with van der Waals surface area (Å²) in [6, 6.07) is 12.8. The SMILES string of the molecule is CCOc1ccc([C@@H](N)c2n[nH]c(CNc3ccc(OC)cc3)n2)cc1OC. The standard InChI is InChI=1S/C20H25N5O3/c1-4-28-16-10-5-13(11-17(16)27-3)19(21)20-23-18(24-25-20)12-22-14-6-8-15(26-2)9-7-14/h5-11,19,22H,4,12,21H2,1-3H3,(H,23,24,25)/t19-/m1/s1. The van der Waals surface area contributed by atoms with Crippen molar-refractivity contribution >= 4 is 5.69 Å². The van der Waals surface area contributed by atoms with Crippen LogP contribution >= 0.6 is 0 Å². The highest BCUT2D eigenvalue weighted by molar-refractivity contribution is 5.46. The molecule has 8 heteroatoms. The van der Waals surface area contributed by atoms with Crippen molar-refractivity contribution in [2.45, 2.75) is 19.5 Å². The average Bonchev–Trinajstić information content (AvgIpc) is 3.21. The number of ether oxygens (including phenoxy) is 3. The highest BCUT2D eigenvalue weighted by atomic mass is 16.5. The number of aromatic nitrogens is 3. The van der Waals surface area contributed by atoms with Crippen LogP contribution in [0.5, 0.6) is 17.2 Å². The Labute approximate surface area is 164 Å². The fourth-order valence-electron chi connectivity index (χ4n) is 2.72. The van der Waals surface area contributed by atoms with E-state index in [-0.39, 0.29) is 0 Å².